The van der Waals surface area contributed by atoms with Gasteiger partial charge in [0.2, 0.25) is 0 Å². The minimum Gasteiger partial charge on any atom is -0.457 e. The van der Waals surface area contributed by atoms with Crippen molar-refractivity contribution in [3.63, 3.8) is 0 Å². The number of hydrogen-bond acceptors (Lipinski definition) is 2. The van der Waals surface area contributed by atoms with Crippen molar-refractivity contribution in [1.29, 1.82) is 0 Å². The van der Waals surface area contributed by atoms with Gasteiger partial charge in [0.1, 0.15) is 11.5 Å². The molecule has 0 aliphatic rings. The van der Waals surface area contributed by atoms with Gasteiger partial charge in [-0.1, -0.05) is 42.5 Å². The van der Waals surface area contributed by atoms with Crippen LogP contribution in [-0.4, -0.2) is 4.98 Å². The topological polar surface area (TPSA) is 22.1 Å². The van der Waals surface area contributed by atoms with E-state index in [0.717, 1.165) is 11.6 Å². The molecule has 3 aromatic carbocycles. The molecule has 0 aliphatic heterocycles. The molecule has 4 rings (SSSR count). The molecule has 0 amide bonds. The van der Waals surface area contributed by atoms with Crippen molar-refractivity contribution >= 4 is 10.9 Å². The van der Waals surface area contributed by atoms with Crippen LogP contribution in [0.2, 0.25) is 0 Å². The molecule has 0 atom stereocenters. The molecule has 0 spiro atoms. The van der Waals surface area contributed by atoms with Gasteiger partial charge in [0.25, 0.3) is 0 Å². The zero-order valence-corrected chi connectivity index (χ0v) is 15.0. The first-order valence-corrected chi connectivity index (χ1v) is 8.72. The summed E-state index contributed by atoms with van der Waals surface area (Å²) in [5, 5.41) is 0.450. The van der Waals surface area contributed by atoms with Crippen LogP contribution in [0.4, 0.5) is 13.2 Å². The van der Waals surface area contributed by atoms with Crippen molar-refractivity contribution in [2.75, 3.05) is 0 Å². The Kier molecular flexibility index (Phi) is 4.51. The van der Waals surface area contributed by atoms with Crippen LogP contribution < -0.4 is 4.74 Å². The third kappa shape index (κ3) is 3.69. The number of alkyl halides is 3. The molecular weight excluding hydrogens is 363 g/mol. The standard InChI is InChI=1S/C23H16F3NO/c1-15-5-2-8-18(13-15)28-19-9-3-7-17(14-19)21-12-11-16-6-4-10-20(22(16)27-21)23(24,25)26/h2-14H,1H3. The van der Waals surface area contributed by atoms with Gasteiger partial charge >= 0.3 is 6.18 Å². The highest BCUT2D eigenvalue weighted by molar-refractivity contribution is 5.85. The number of aromatic nitrogens is 1. The average molecular weight is 379 g/mol. The van der Waals surface area contributed by atoms with E-state index in [-0.39, 0.29) is 5.52 Å². The van der Waals surface area contributed by atoms with Crippen LogP contribution in [0.1, 0.15) is 11.1 Å². The molecule has 28 heavy (non-hydrogen) atoms. The Morgan fingerprint density at radius 1 is 0.786 bits per heavy atom. The lowest BCUT2D eigenvalue weighted by Gasteiger charge is -2.12. The second kappa shape index (κ2) is 7.00. The second-order valence-corrected chi connectivity index (χ2v) is 6.52. The first kappa shape index (κ1) is 18.0. The predicted molar refractivity (Wildman–Crippen MR) is 103 cm³/mol. The van der Waals surface area contributed by atoms with Gasteiger partial charge in [0.15, 0.2) is 0 Å². The molecule has 1 heterocycles. The van der Waals surface area contributed by atoms with Gasteiger partial charge < -0.3 is 4.74 Å². The normalized spacial score (nSPS) is 11.6. The van der Waals surface area contributed by atoms with E-state index in [1.807, 2.05) is 31.2 Å². The highest BCUT2D eigenvalue weighted by Gasteiger charge is 2.33. The molecule has 0 aliphatic carbocycles. The molecule has 2 nitrogen and oxygen atoms in total. The Morgan fingerprint density at radius 2 is 1.50 bits per heavy atom. The van der Waals surface area contributed by atoms with Crippen LogP contribution >= 0.6 is 0 Å². The Labute approximate surface area is 160 Å². The van der Waals surface area contributed by atoms with Crippen LogP contribution in [-0.2, 0) is 6.18 Å². The van der Waals surface area contributed by atoms with E-state index in [1.165, 1.54) is 6.07 Å². The summed E-state index contributed by atoms with van der Waals surface area (Å²) in [5.41, 5.74) is 1.42. The number of hydrogen-bond donors (Lipinski definition) is 0. The molecule has 0 bridgehead atoms. The van der Waals surface area contributed by atoms with Crippen molar-refractivity contribution in [3.8, 4) is 22.8 Å². The quantitative estimate of drug-likeness (QED) is 0.381. The minimum absolute atomic E-state index is 0.0579. The van der Waals surface area contributed by atoms with E-state index in [1.54, 1.807) is 42.5 Å². The van der Waals surface area contributed by atoms with E-state index in [0.29, 0.717) is 28.1 Å². The highest BCUT2D eigenvalue weighted by Crippen LogP contribution is 2.35. The maximum atomic E-state index is 13.3. The number of halogens is 3. The predicted octanol–water partition coefficient (Wildman–Crippen LogP) is 7.02. The lowest BCUT2D eigenvalue weighted by Crippen LogP contribution is -2.06. The monoisotopic (exact) mass is 379 g/mol. The summed E-state index contributed by atoms with van der Waals surface area (Å²) >= 11 is 0. The van der Waals surface area contributed by atoms with E-state index in [4.69, 9.17) is 4.74 Å². The molecular formula is C23H16F3NO. The molecule has 140 valence electrons. The number of para-hydroxylation sites is 1. The highest BCUT2D eigenvalue weighted by atomic mass is 19.4. The number of ether oxygens (including phenoxy) is 1. The molecule has 0 radical (unpaired) electrons. The molecule has 0 unspecified atom stereocenters. The number of nitrogens with zero attached hydrogens (tertiary/aromatic N) is 1. The first-order valence-electron chi connectivity index (χ1n) is 8.72. The van der Waals surface area contributed by atoms with Crippen LogP contribution in [0, 0.1) is 6.92 Å². The van der Waals surface area contributed by atoms with E-state index in [2.05, 4.69) is 4.98 Å². The molecule has 1 aromatic heterocycles. The summed E-state index contributed by atoms with van der Waals surface area (Å²) in [6.07, 6.45) is -4.46. The van der Waals surface area contributed by atoms with Crippen LogP contribution in [0.5, 0.6) is 11.5 Å². The van der Waals surface area contributed by atoms with Crippen molar-refractivity contribution in [2.24, 2.45) is 0 Å². The summed E-state index contributed by atoms with van der Waals surface area (Å²) in [6.45, 7) is 1.97. The van der Waals surface area contributed by atoms with E-state index >= 15 is 0 Å². The van der Waals surface area contributed by atoms with E-state index < -0.39 is 11.7 Å². The zero-order valence-electron chi connectivity index (χ0n) is 15.0. The third-order valence-corrected chi connectivity index (χ3v) is 4.38. The second-order valence-electron chi connectivity index (χ2n) is 6.52. The molecule has 4 aromatic rings. The van der Waals surface area contributed by atoms with Gasteiger partial charge in [0, 0.05) is 10.9 Å². The van der Waals surface area contributed by atoms with Crippen molar-refractivity contribution < 1.29 is 17.9 Å². The summed E-state index contributed by atoms with van der Waals surface area (Å²) in [6, 6.07) is 22.2. The Hall–Kier alpha value is -3.34. The number of benzene rings is 3. The molecule has 0 fully saturated rings. The average Bonchev–Trinajstić information content (AvgIpc) is 2.66. The van der Waals surface area contributed by atoms with E-state index in [9.17, 15) is 13.2 Å². The largest absolute Gasteiger partial charge is 0.457 e. The fraction of sp³-hybridized carbons (Fsp3) is 0.0870. The number of aryl methyl sites for hydroxylation is 1. The first-order chi connectivity index (χ1) is 13.4. The Balaban J connectivity index is 1.74. The molecule has 0 N–H and O–H groups in total. The summed E-state index contributed by atoms with van der Waals surface area (Å²) in [5.74, 6) is 1.29. The lowest BCUT2D eigenvalue weighted by atomic mass is 10.1. The van der Waals surface area contributed by atoms with Crippen LogP contribution in [0.25, 0.3) is 22.2 Å². The smallest absolute Gasteiger partial charge is 0.418 e. The Bertz CT molecular complexity index is 1150. The molecule has 0 saturated heterocycles. The van der Waals surface area contributed by atoms with Crippen molar-refractivity contribution in [2.45, 2.75) is 13.1 Å². The van der Waals surface area contributed by atoms with Gasteiger partial charge in [-0.25, -0.2) is 4.98 Å². The molecule has 0 saturated carbocycles. The molecule has 5 heteroatoms. The Morgan fingerprint density at radius 3 is 2.25 bits per heavy atom. The summed E-state index contributed by atoms with van der Waals surface area (Å²) in [4.78, 5) is 4.30. The van der Waals surface area contributed by atoms with Gasteiger partial charge in [-0.15, -0.1) is 0 Å². The minimum atomic E-state index is -4.46. The SMILES string of the molecule is Cc1cccc(Oc2cccc(-c3ccc4cccc(C(F)(F)F)c4n3)c2)c1. The van der Waals surface area contributed by atoms with Crippen molar-refractivity contribution in [3.05, 3.63) is 90.0 Å². The maximum absolute atomic E-state index is 13.3. The summed E-state index contributed by atoms with van der Waals surface area (Å²) in [7, 11) is 0. The van der Waals surface area contributed by atoms with Crippen LogP contribution in [0.3, 0.4) is 0 Å². The lowest BCUT2D eigenvalue weighted by molar-refractivity contribution is -0.136. The van der Waals surface area contributed by atoms with Gasteiger partial charge in [-0.05, 0) is 48.9 Å². The maximum Gasteiger partial charge on any atom is 0.418 e. The zero-order chi connectivity index (χ0) is 19.7. The fourth-order valence-electron chi connectivity index (χ4n) is 3.07. The van der Waals surface area contributed by atoms with Gasteiger partial charge in [-0.3, -0.25) is 0 Å². The summed E-state index contributed by atoms with van der Waals surface area (Å²) < 4.78 is 45.9. The number of pyridine rings is 1. The van der Waals surface area contributed by atoms with Gasteiger partial charge in [-0.2, -0.15) is 13.2 Å². The third-order valence-electron chi connectivity index (χ3n) is 4.38. The van der Waals surface area contributed by atoms with Crippen molar-refractivity contribution in [1.82, 2.24) is 4.98 Å². The van der Waals surface area contributed by atoms with Gasteiger partial charge in [0.05, 0.1) is 16.8 Å². The fourth-order valence-corrected chi connectivity index (χ4v) is 3.07. The van der Waals surface area contributed by atoms with Crippen LogP contribution in [0.15, 0.2) is 78.9 Å². The number of fused-ring (bicyclic) bond motifs is 1. The number of rotatable bonds is 3.